The lowest BCUT2D eigenvalue weighted by molar-refractivity contribution is 0.00289. The molecule has 2 N–H and O–H groups in total. The number of fused-ring (bicyclic) bond motifs is 1. The van der Waals surface area contributed by atoms with Gasteiger partial charge in [-0.3, -0.25) is 4.57 Å². The van der Waals surface area contributed by atoms with E-state index < -0.39 is 0 Å². The van der Waals surface area contributed by atoms with Crippen LogP contribution in [0, 0.1) is 0 Å². The van der Waals surface area contributed by atoms with Gasteiger partial charge in [0.25, 0.3) is 0 Å². The standard InChI is InChI=1S/C11H15N5O/c1-2-7-3-4-8(17-7)16-6-15-9-10(12)13-5-14-11(9)16/h5-8H,2-4H2,1H3,(H2,12,13,14)/t7-,8-/m1/s1. The molecule has 1 saturated heterocycles. The molecule has 0 bridgehead atoms. The van der Waals surface area contributed by atoms with E-state index in [0.29, 0.717) is 17.4 Å². The van der Waals surface area contributed by atoms with Crippen LogP contribution in [0.5, 0.6) is 0 Å². The average Bonchev–Trinajstić information content (AvgIpc) is 2.94. The maximum atomic E-state index is 5.92. The minimum absolute atomic E-state index is 0.0271. The highest BCUT2D eigenvalue weighted by molar-refractivity contribution is 5.81. The van der Waals surface area contributed by atoms with Crippen LogP contribution in [0.2, 0.25) is 0 Å². The summed E-state index contributed by atoms with van der Waals surface area (Å²) in [7, 11) is 0. The number of anilines is 1. The molecule has 2 aromatic rings. The van der Waals surface area contributed by atoms with E-state index >= 15 is 0 Å². The Morgan fingerprint density at radius 2 is 2.29 bits per heavy atom. The van der Waals surface area contributed by atoms with Crippen molar-refractivity contribution in [1.82, 2.24) is 19.5 Å². The summed E-state index contributed by atoms with van der Waals surface area (Å²) in [6.07, 6.45) is 6.69. The molecule has 0 saturated carbocycles. The highest BCUT2D eigenvalue weighted by Crippen LogP contribution is 2.31. The van der Waals surface area contributed by atoms with Crippen molar-refractivity contribution in [3.63, 3.8) is 0 Å². The van der Waals surface area contributed by atoms with Gasteiger partial charge in [0.05, 0.1) is 12.4 Å². The van der Waals surface area contributed by atoms with Gasteiger partial charge < -0.3 is 10.5 Å². The van der Waals surface area contributed by atoms with Gasteiger partial charge in [0.1, 0.15) is 18.1 Å². The Hall–Kier alpha value is -1.69. The van der Waals surface area contributed by atoms with E-state index in [2.05, 4.69) is 21.9 Å². The van der Waals surface area contributed by atoms with E-state index in [4.69, 9.17) is 10.5 Å². The molecule has 0 radical (unpaired) electrons. The summed E-state index contributed by atoms with van der Waals surface area (Å²) in [4.78, 5) is 12.4. The van der Waals surface area contributed by atoms with Crippen LogP contribution in [-0.2, 0) is 4.74 Å². The van der Waals surface area contributed by atoms with Crippen molar-refractivity contribution >= 4 is 17.0 Å². The molecule has 1 aliphatic rings. The molecule has 17 heavy (non-hydrogen) atoms. The van der Waals surface area contributed by atoms with Gasteiger partial charge in [-0.25, -0.2) is 15.0 Å². The molecular weight excluding hydrogens is 218 g/mol. The van der Waals surface area contributed by atoms with Gasteiger partial charge in [0.2, 0.25) is 0 Å². The van der Waals surface area contributed by atoms with Crippen molar-refractivity contribution < 1.29 is 4.74 Å². The molecule has 6 nitrogen and oxygen atoms in total. The molecule has 0 spiro atoms. The Bertz CT molecular complexity index is 538. The normalized spacial score (nSPS) is 24.5. The molecule has 2 atom stereocenters. The third kappa shape index (κ3) is 1.64. The summed E-state index contributed by atoms with van der Waals surface area (Å²) < 4.78 is 7.87. The van der Waals surface area contributed by atoms with E-state index in [9.17, 15) is 0 Å². The van der Waals surface area contributed by atoms with Crippen LogP contribution >= 0.6 is 0 Å². The number of hydrogen-bond donors (Lipinski definition) is 1. The predicted molar refractivity (Wildman–Crippen MR) is 63.2 cm³/mol. The molecule has 1 fully saturated rings. The SMILES string of the molecule is CC[C@@H]1CC[C@H](n2cnc3c(N)ncnc32)O1. The fourth-order valence-electron chi connectivity index (χ4n) is 2.27. The molecule has 90 valence electrons. The molecule has 2 aromatic heterocycles. The van der Waals surface area contributed by atoms with Gasteiger partial charge in [-0.05, 0) is 19.3 Å². The molecular formula is C11H15N5O. The van der Waals surface area contributed by atoms with E-state index in [1.54, 1.807) is 6.33 Å². The van der Waals surface area contributed by atoms with Crippen LogP contribution in [0.3, 0.4) is 0 Å². The summed E-state index contributed by atoms with van der Waals surface area (Å²) in [6.45, 7) is 2.14. The zero-order valence-electron chi connectivity index (χ0n) is 9.71. The van der Waals surface area contributed by atoms with Gasteiger partial charge in [0.15, 0.2) is 11.5 Å². The lowest BCUT2D eigenvalue weighted by atomic mass is 10.2. The second-order valence-electron chi connectivity index (χ2n) is 4.28. The lowest BCUT2D eigenvalue weighted by Crippen LogP contribution is -2.10. The minimum Gasteiger partial charge on any atom is -0.382 e. The number of ether oxygens (including phenoxy) is 1. The third-order valence-corrected chi connectivity index (χ3v) is 3.24. The molecule has 1 aliphatic heterocycles. The second kappa shape index (κ2) is 3.96. The second-order valence-corrected chi connectivity index (χ2v) is 4.28. The summed E-state index contributed by atoms with van der Waals surface area (Å²) in [5.74, 6) is 0.416. The number of nitrogen functional groups attached to an aromatic ring is 1. The highest BCUT2D eigenvalue weighted by Gasteiger charge is 2.26. The summed E-state index contributed by atoms with van der Waals surface area (Å²) in [5.41, 5.74) is 7.15. The molecule has 0 aliphatic carbocycles. The van der Waals surface area contributed by atoms with Gasteiger partial charge in [0, 0.05) is 0 Å². The fourth-order valence-corrected chi connectivity index (χ4v) is 2.27. The van der Waals surface area contributed by atoms with Crippen molar-refractivity contribution in [2.75, 3.05) is 5.73 Å². The molecule has 0 amide bonds. The maximum Gasteiger partial charge on any atom is 0.167 e. The van der Waals surface area contributed by atoms with Crippen molar-refractivity contribution in [2.24, 2.45) is 0 Å². The van der Waals surface area contributed by atoms with Crippen LogP contribution in [0.25, 0.3) is 11.2 Å². The summed E-state index contributed by atoms with van der Waals surface area (Å²) in [5, 5.41) is 0. The minimum atomic E-state index is 0.0271. The Kier molecular flexibility index (Phi) is 2.44. The number of nitrogens with zero attached hydrogens (tertiary/aromatic N) is 4. The van der Waals surface area contributed by atoms with Crippen molar-refractivity contribution in [1.29, 1.82) is 0 Å². The van der Waals surface area contributed by atoms with Gasteiger partial charge in [-0.1, -0.05) is 6.92 Å². The number of hydrogen-bond acceptors (Lipinski definition) is 5. The van der Waals surface area contributed by atoms with Gasteiger partial charge >= 0.3 is 0 Å². The number of rotatable bonds is 2. The quantitative estimate of drug-likeness (QED) is 0.850. The maximum absolute atomic E-state index is 5.92. The predicted octanol–water partition coefficient (Wildman–Crippen LogP) is 1.50. The monoisotopic (exact) mass is 233 g/mol. The van der Waals surface area contributed by atoms with E-state index in [1.165, 1.54) is 6.33 Å². The summed E-state index contributed by atoms with van der Waals surface area (Å²) >= 11 is 0. The lowest BCUT2D eigenvalue weighted by Gasteiger charge is -2.13. The van der Waals surface area contributed by atoms with Crippen molar-refractivity contribution in [2.45, 2.75) is 38.5 Å². The first-order valence-corrected chi connectivity index (χ1v) is 5.88. The number of nitrogens with two attached hydrogens (primary N) is 1. The first-order valence-electron chi connectivity index (χ1n) is 5.88. The molecule has 3 heterocycles. The van der Waals surface area contributed by atoms with Crippen LogP contribution in [0.1, 0.15) is 32.4 Å². The van der Waals surface area contributed by atoms with Crippen LogP contribution in [-0.4, -0.2) is 25.6 Å². The highest BCUT2D eigenvalue weighted by atomic mass is 16.5. The van der Waals surface area contributed by atoms with Crippen LogP contribution in [0.4, 0.5) is 5.82 Å². The van der Waals surface area contributed by atoms with Crippen molar-refractivity contribution in [3.05, 3.63) is 12.7 Å². The Labute approximate surface area is 98.8 Å². The summed E-state index contributed by atoms with van der Waals surface area (Å²) in [6, 6.07) is 0. The number of imidazole rings is 1. The first-order chi connectivity index (χ1) is 8.29. The molecule has 3 rings (SSSR count). The van der Waals surface area contributed by atoms with Crippen molar-refractivity contribution in [3.8, 4) is 0 Å². The topological polar surface area (TPSA) is 78.9 Å². The van der Waals surface area contributed by atoms with Crippen LogP contribution < -0.4 is 5.73 Å². The third-order valence-electron chi connectivity index (χ3n) is 3.24. The Balaban J connectivity index is 1.99. The molecule has 0 unspecified atom stereocenters. The van der Waals surface area contributed by atoms with Gasteiger partial charge in [-0.2, -0.15) is 0 Å². The zero-order valence-corrected chi connectivity index (χ0v) is 9.71. The zero-order chi connectivity index (χ0) is 11.8. The first kappa shape index (κ1) is 10.5. The Morgan fingerprint density at radius 3 is 3.06 bits per heavy atom. The van der Waals surface area contributed by atoms with E-state index in [-0.39, 0.29) is 6.23 Å². The van der Waals surface area contributed by atoms with Gasteiger partial charge in [-0.15, -0.1) is 0 Å². The molecule has 0 aromatic carbocycles. The largest absolute Gasteiger partial charge is 0.382 e. The fraction of sp³-hybridized carbons (Fsp3) is 0.545. The smallest absolute Gasteiger partial charge is 0.167 e. The van der Waals surface area contributed by atoms with E-state index in [0.717, 1.165) is 24.9 Å². The average molecular weight is 233 g/mol. The van der Waals surface area contributed by atoms with Crippen LogP contribution in [0.15, 0.2) is 12.7 Å². The number of aromatic nitrogens is 4. The molecule has 6 heteroatoms. The Morgan fingerprint density at radius 1 is 1.41 bits per heavy atom. The van der Waals surface area contributed by atoms with E-state index in [1.807, 2.05) is 4.57 Å².